The zero-order chi connectivity index (χ0) is 58.1. The molecule has 10 aromatic carbocycles. The van der Waals surface area contributed by atoms with Gasteiger partial charge in [-0.05, 0) is 98.5 Å². The van der Waals surface area contributed by atoms with E-state index in [4.69, 9.17) is 25.8 Å². The maximum atomic E-state index is 13.4. The fraction of sp³-hybridized carbons (Fsp3) is 0.192. The van der Waals surface area contributed by atoms with Gasteiger partial charge in [0.05, 0.1) is 36.8 Å². The first-order valence-corrected chi connectivity index (χ1v) is 30.1. The molecule has 2 N–H and O–H groups in total. The van der Waals surface area contributed by atoms with Gasteiger partial charge in [0.15, 0.2) is 12.1 Å². The summed E-state index contributed by atoms with van der Waals surface area (Å²) in [6.07, 6.45) is 3.34. The second-order valence-electron chi connectivity index (χ2n) is 22.3. The van der Waals surface area contributed by atoms with Crippen LogP contribution in [-0.2, 0) is 37.1 Å². The molecule has 0 spiro atoms. The fourth-order valence-corrected chi connectivity index (χ4v) is 14.4. The highest BCUT2D eigenvalue weighted by atomic mass is 35.5. The Balaban J connectivity index is 0.000000125. The third kappa shape index (κ3) is 10.7. The van der Waals surface area contributed by atoms with Gasteiger partial charge in [-0.2, -0.15) is 0 Å². The van der Waals surface area contributed by atoms with Crippen LogP contribution in [0.25, 0.3) is 5.76 Å². The molecule has 2 unspecified atom stereocenters. The molecule has 1 fully saturated rings. The first-order chi connectivity index (χ1) is 41.9. The maximum absolute atomic E-state index is 13.4. The Hall–Kier alpha value is -8.46. The second kappa shape index (κ2) is 25.8. The summed E-state index contributed by atoms with van der Waals surface area (Å²) in [6.45, 7) is 1.87. The van der Waals surface area contributed by atoms with E-state index in [1.807, 2.05) is 103 Å². The first-order valence-electron chi connectivity index (χ1n) is 29.7. The molecule has 2 atom stereocenters. The van der Waals surface area contributed by atoms with Crippen LogP contribution in [0, 0.1) is 5.92 Å². The van der Waals surface area contributed by atoms with E-state index in [1.54, 1.807) is 0 Å². The van der Waals surface area contributed by atoms with Crippen molar-refractivity contribution in [2.45, 2.75) is 67.3 Å². The third-order valence-electron chi connectivity index (χ3n) is 17.8. The number of ketones is 1. The Kier molecular flexibility index (Phi) is 17.3. The van der Waals surface area contributed by atoms with Crippen molar-refractivity contribution in [3.05, 3.63) is 362 Å². The predicted molar refractivity (Wildman–Crippen MR) is 340 cm³/mol. The largest absolute Gasteiger partial charge is 0.507 e. The van der Waals surface area contributed by atoms with Gasteiger partial charge in [-0.25, -0.2) is 0 Å². The van der Waals surface area contributed by atoms with Gasteiger partial charge in [0.1, 0.15) is 5.76 Å². The molecule has 3 aliphatic carbocycles. The van der Waals surface area contributed by atoms with Gasteiger partial charge in [0.2, 0.25) is 0 Å². The van der Waals surface area contributed by atoms with Crippen molar-refractivity contribution in [2.75, 3.05) is 19.8 Å². The molecule has 85 heavy (non-hydrogen) atoms. The minimum Gasteiger partial charge on any atom is -0.507 e. The van der Waals surface area contributed by atoms with E-state index < -0.39 is 10.8 Å². The second-order valence-corrected chi connectivity index (χ2v) is 22.7. The first kappa shape index (κ1) is 57.0. The molecule has 10 aromatic rings. The van der Waals surface area contributed by atoms with Gasteiger partial charge in [-0.3, -0.25) is 4.79 Å². The Morgan fingerprint density at radius 2 is 0.929 bits per heavy atom. The smallest absolute Gasteiger partial charge is 0.167 e. The van der Waals surface area contributed by atoms with Gasteiger partial charge in [0, 0.05) is 40.5 Å². The molecule has 1 saturated heterocycles. The number of Topliss-reactive ketones (excluding diaryl/α,β-unsaturated/α-hetero) is 1. The van der Waals surface area contributed by atoms with E-state index in [0.29, 0.717) is 44.8 Å². The third-order valence-corrected chi connectivity index (χ3v) is 18.2. The molecular weight excluding hydrogens is 1070 g/mol. The van der Waals surface area contributed by atoms with Crippen LogP contribution in [0.1, 0.15) is 115 Å². The minimum absolute atomic E-state index is 0.00196. The molecule has 424 valence electrons. The Labute approximate surface area is 504 Å². The topological polar surface area (TPSA) is 85.2 Å². The van der Waals surface area contributed by atoms with Gasteiger partial charge in [0.25, 0.3) is 0 Å². The number of allylic oxidation sites excluding steroid dienone is 1. The summed E-state index contributed by atoms with van der Waals surface area (Å²) in [4.78, 5) is 13.4. The highest BCUT2D eigenvalue weighted by Gasteiger charge is 2.54. The van der Waals surface area contributed by atoms with Crippen molar-refractivity contribution in [2.24, 2.45) is 5.92 Å². The summed E-state index contributed by atoms with van der Waals surface area (Å²) in [5, 5.41) is 21.6. The lowest BCUT2D eigenvalue weighted by Gasteiger charge is -2.37. The Morgan fingerprint density at radius 1 is 0.482 bits per heavy atom. The quantitative estimate of drug-likeness (QED) is 0.106. The number of ether oxygens (including phenoxy) is 3. The number of benzene rings is 10. The van der Waals surface area contributed by atoms with Gasteiger partial charge < -0.3 is 24.4 Å². The number of hydrogen-bond donors (Lipinski definition) is 2. The van der Waals surface area contributed by atoms with E-state index in [1.165, 1.54) is 22.3 Å². The van der Waals surface area contributed by atoms with Crippen LogP contribution in [0.15, 0.2) is 285 Å². The number of carbonyl (C=O) groups is 1. The summed E-state index contributed by atoms with van der Waals surface area (Å²) in [7, 11) is 0. The van der Waals surface area contributed by atoms with Crippen LogP contribution >= 0.6 is 11.6 Å². The molecule has 0 aromatic heterocycles. The number of halogens is 1. The maximum Gasteiger partial charge on any atom is 0.167 e. The lowest BCUT2D eigenvalue weighted by Crippen LogP contribution is -2.36. The molecule has 0 amide bonds. The molecule has 14 rings (SSSR count). The van der Waals surface area contributed by atoms with Crippen molar-refractivity contribution >= 4 is 23.1 Å². The molecule has 4 aliphatic rings. The normalized spacial score (nSPS) is 17.6. The fourth-order valence-electron chi connectivity index (χ4n) is 14.2. The molecule has 0 bridgehead atoms. The number of aliphatic hydroxyl groups is 2. The Bertz CT molecular complexity index is 3750. The van der Waals surface area contributed by atoms with Crippen molar-refractivity contribution < 1.29 is 29.2 Å². The summed E-state index contributed by atoms with van der Waals surface area (Å²) >= 11 is 6.38. The summed E-state index contributed by atoms with van der Waals surface area (Å²) in [6, 6.07) is 96.0. The summed E-state index contributed by atoms with van der Waals surface area (Å²) in [5.41, 5.74) is 14.4. The monoisotopic (exact) mass is 1140 g/mol. The zero-order valence-corrected chi connectivity index (χ0v) is 48.3. The van der Waals surface area contributed by atoms with Crippen molar-refractivity contribution in [3.63, 3.8) is 0 Å². The molecule has 1 heterocycles. The van der Waals surface area contributed by atoms with Crippen LogP contribution in [0.2, 0.25) is 5.02 Å². The van der Waals surface area contributed by atoms with E-state index in [2.05, 4.69) is 176 Å². The van der Waals surface area contributed by atoms with Gasteiger partial charge in [-0.1, -0.05) is 285 Å². The van der Waals surface area contributed by atoms with Crippen LogP contribution < -0.4 is 0 Å². The number of carbonyl (C=O) groups excluding carboxylic acids is 1. The average molecular weight is 1140 g/mol. The highest BCUT2D eigenvalue weighted by molar-refractivity contribution is 6.31. The molecule has 7 heteroatoms. The Morgan fingerprint density at radius 3 is 1.47 bits per heavy atom. The van der Waals surface area contributed by atoms with E-state index in [9.17, 15) is 15.0 Å². The van der Waals surface area contributed by atoms with Crippen LogP contribution in [-0.4, -0.2) is 42.1 Å². The van der Waals surface area contributed by atoms with Gasteiger partial charge in [-0.15, -0.1) is 0 Å². The van der Waals surface area contributed by atoms with Crippen molar-refractivity contribution in [1.82, 2.24) is 0 Å². The van der Waals surface area contributed by atoms with Crippen LogP contribution in [0.4, 0.5) is 0 Å². The van der Waals surface area contributed by atoms with Crippen molar-refractivity contribution in [3.8, 4) is 0 Å². The standard InChI is InChI=1S/C28H23ClO.C26H24O3.C24H22O2/c29-26-18-10-7-11-21(26)20-30-27-19-28(22-12-3-1-4-13-22,23-14-5-2-6-15-23)25-17-9-8-16-24(25)27;27-25-21-13-7-8-14-22(21)26(19-9-3-1-4-10-19,20-11-5-2-6-12-20)23(25)15-16-24-28-17-18-29-24;25-17-9-16-22-23(26)20-14-7-8-15-21(20)24(22,18-10-3-1-4-11-18)19-12-5-2-6-13-19/h1-18,27H,19-20H2;1-14,24,27H,15-18H2;1-8,10-15,22,25H,9,16-17H2. The molecular formula is C78H69ClO6. The summed E-state index contributed by atoms with van der Waals surface area (Å²) in [5.74, 6) is 0.352. The SMILES string of the molecule is Clc1ccccc1COC1CC(c2ccccc2)(c2ccccc2)c2ccccc21.O=C1c2ccccc2C(c2ccccc2)(c2ccccc2)C1CCCO.OC1=C(CCC2OCCO2)C(c2ccccc2)(c2ccccc2)c2ccccc21. The predicted octanol–water partition coefficient (Wildman–Crippen LogP) is 17.4. The zero-order valence-electron chi connectivity index (χ0n) is 47.6. The number of rotatable bonds is 15. The van der Waals surface area contributed by atoms with E-state index in [-0.39, 0.29) is 36.1 Å². The molecule has 1 aliphatic heterocycles. The number of fused-ring (bicyclic) bond motifs is 3. The lowest BCUT2D eigenvalue weighted by atomic mass is 9.64. The number of hydrogen-bond acceptors (Lipinski definition) is 6. The van der Waals surface area contributed by atoms with E-state index >= 15 is 0 Å². The van der Waals surface area contributed by atoms with E-state index in [0.717, 1.165) is 73.5 Å². The number of aliphatic hydroxyl groups excluding tert-OH is 2. The lowest BCUT2D eigenvalue weighted by molar-refractivity contribution is -0.0464. The molecule has 0 saturated carbocycles. The highest BCUT2D eigenvalue weighted by Crippen LogP contribution is 2.57. The van der Waals surface area contributed by atoms with Gasteiger partial charge >= 0.3 is 0 Å². The summed E-state index contributed by atoms with van der Waals surface area (Å²) < 4.78 is 17.9. The molecule has 6 nitrogen and oxygen atoms in total. The minimum atomic E-state index is -0.526. The van der Waals surface area contributed by atoms with Crippen LogP contribution in [0.5, 0.6) is 0 Å². The van der Waals surface area contributed by atoms with Crippen molar-refractivity contribution in [1.29, 1.82) is 0 Å². The van der Waals surface area contributed by atoms with Crippen LogP contribution in [0.3, 0.4) is 0 Å². The molecule has 0 radical (unpaired) electrons. The average Bonchev–Trinajstić information content (AvgIpc) is 1.91.